The van der Waals surface area contributed by atoms with Gasteiger partial charge in [-0.1, -0.05) is 33.8 Å². The molecule has 0 unspecified atom stereocenters. The van der Waals surface area contributed by atoms with Crippen molar-refractivity contribution in [2.45, 2.75) is 58.4 Å². The second-order valence-corrected chi connectivity index (χ2v) is 6.23. The summed E-state index contributed by atoms with van der Waals surface area (Å²) >= 11 is 0. The molecule has 1 aromatic rings. The van der Waals surface area contributed by atoms with Gasteiger partial charge >= 0.3 is 0 Å². The topological polar surface area (TPSA) is 21.3 Å². The summed E-state index contributed by atoms with van der Waals surface area (Å²) in [5.41, 5.74) is 4.14. The third-order valence-electron chi connectivity index (χ3n) is 3.90. The lowest BCUT2D eigenvalue weighted by molar-refractivity contribution is 0.0904. The molecule has 1 fully saturated rings. The van der Waals surface area contributed by atoms with Gasteiger partial charge in [0.2, 0.25) is 0 Å². The molecule has 0 saturated carbocycles. The van der Waals surface area contributed by atoms with Crippen molar-refractivity contribution < 1.29 is 4.74 Å². The zero-order valence-corrected chi connectivity index (χ0v) is 12.7. The summed E-state index contributed by atoms with van der Waals surface area (Å²) in [7, 11) is 0. The van der Waals surface area contributed by atoms with Crippen molar-refractivity contribution in [2.24, 2.45) is 0 Å². The number of nitrogens with one attached hydrogen (secondary N) is 1. The molecular formula is C17H27NO. The minimum absolute atomic E-state index is 0.566. The summed E-state index contributed by atoms with van der Waals surface area (Å²) in [5, 5.41) is 3.69. The predicted molar refractivity (Wildman–Crippen MR) is 82.1 cm³/mol. The molecule has 1 N–H and O–H groups in total. The Labute approximate surface area is 117 Å². The fourth-order valence-corrected chi connectivity index (χ4v) is 2.50. The summed E-state index contributed by atoms with van der Waals surface area (Å²) < 4.78 is 5.42. The molecule has 2 rings (SSSR count). The minimum atomic E-state index is 0.566. The average Bonchev–Trinajstić information content (AvgIpc) is 2.39. The maximum absolute atomic E-state index is 5.42. The van der Waals surface area contributed by atoms with E-state index in [1.54, 1.807) is 0 Å². The van der Waals surface area contributed by atoms with E-state index < -0.39 is 0 Å². The van der Waals surface area contributed by atoms with Crippen LogP contribution in [0.4, 0.5) is 5.69 Å². The molecular weight excluding hydrogens is 234 g/mol. The van der Waals surface area contributed by atoms with Gasteiger partial charge in [0.1, 0.15) is 0 Å². The number of anilines is 1. The summed E-state index contributed by atoms with van der Waals surface area (Å²) in [6.45, 7) is 10.8. The first-order valence-electron chi connectivity index (χ1n) is 7.55. The Morgan fingerprint density at radius 3 is 1.95 bits per heavy atom. The molecule has 1 heterocycles. The standard InChI is InChI=1S/C17H27NO/c1-12(2)14-9-15(13(3)4)11-17(10-14)18-16-5-7-19-8-6-16/h9-13,16,18H,5-8H2,1-4H3. The van der Waals surface area contributed by atoms with Gasteiger partial charge in [0.15, 0.2) is 0 Å². The van der Waals surface area contributed by atoms with Crippen molar-refractivity contribution in [3.8, 4) is 0 Å². The van der Waals surface area contributed by atoms with Crippen LogP contribution in [0.15, 0.2) is 18.2 Å². The molecule has 0 aliphatic carbocycles. The Morgan fingerprint density at radius 1 is 0.947 bits per heavy atom. The van der Waals surface area contributed by atoms with Crippen LogP contribution < -0.4 is 5.32 Å². The highest BCUT2D eigenvalue weighted by Crippen LogP contribution is 2.27. The van der Waals surface area contributed by atoms with Gasteiger partial charge < -0.3 is 10.1 Å². The second-order valence-electron chi connectivity index (χ2n) is 6.23. The van der Waals surface area contributed by atoms with Gasteiger partial charge in [0.25, 0.3) is 0 Å². The SMILES string of the molecule is CC(C)c1cc(NC2CCOCC2)cc(C(C)C)c1. The van der Waals surface area contributed by atoms with Crippen LogP contribution in [0, 0.1) is 0 Å². The average molecular weight is 261 g/mol. The van der Waals surface area contributed by atoms with Crippen LogP contribution in [-0.2, 0) is 4.74 Å². The molecule has 0 atom stereocenters. The van der Waals surface area contributed by atoms with Crippen molar-refractivity contribution in [1.29, 1.82) is 0 Å². The number of benzene rings is 1. The van der Waals surface area contributed by atoms with E-state index in [1.807, 2.05) is 0 Å². The Hall–Kier alpha value is -1.02. The normalized spacial score (nSPS) is 17.2. The zero-order chi connectivity index (χ0) is 13.8. The van der Waals surface area contributed by atoms with E-state index in [2.05, 4.69) is 51.2 Å². The van der Waals surface area contributed by atoms with E-state index >= 15 is 0 Å². The van der Waals surface area contributed by atoms with Crippen LogP contribution in [0.25, 0.3) is 0 Å². The van der Waals surface area contributed by atoms with Crippen molar-refractivity contribution in [3.05, 3.63) is 29.3 Å². The fraction of sp³-hybridized carbons (Fsp3) is 0.647. The Morgan fingerprint density at radius 2 is 1.47 bits per heavy atom. The van der Waals surface area contributed by atoms with Crippen LogP contribution in [0.3, 0.4) is 0 Å². The summed E-state index contributed by atoms with van der Waals surface area (Å²) in [6, 6.07) is 7.54. The van der Waals surface area contributed by atoms with Crippen LogP contribution in [0.1, 0.15) is 63.5 Å². The van der Waals surface area contributed by atoms with Gasteiger partial charge in [0, 0.05) is 24.9 Å². The molecule has 1 aromatic carbocycles. The smallest absolute Gasteiger partial charge is 0.0485 e. The van der Waals surface area contributed by atoms with Crippen molar-refractivity contribution in [2.75, 3.05) is 18.5 Å². The van der Waals surface area contributed by atoms with E-state index in [9.17, 15) is 0 Å². The molecule has 19 heavy (non-hydrogen) atoms. The Kier molecular flexibility index (Phi) is 4.87. The molecule has 0 aromatic heterocycles. The highest BCUT2D eigenvalue weighted by Gasteiger charge is 2.14. The molecule has 106 valence electrons. The van der Waals surface area contributed by atoms with E-state index in [0.29, 0.717) is 17.9 Å². The van der Waals surface area contributed by atoms with E-state index in [-0.39, 0.29) is 0 Å². The maximum atomic E-state index is 5.42. The van der Waals surface area contributed by atoms with Gasteiger partial charge in [0.05, 0.1) is 0 Å². The Balaban J connectivity index is 2.18. The molecule has 0 radical (unpaired) electrons. The van der Waals surface area contributed by atoms with E-state index in [4.69, 9.17) is 4.74 Å². The van der Waals surface area contributed by atoms with Gasteiger partial charge in [-0.05, 0) is 47.9 Å². The quantitative estimate of drug-likeness (QED) is 0.860. The molecule has 1 aliphatic rings. The van der Waals surface area contributed by atoms with Crippen molar-refractivity contribution in [3.63, 3.8) is 0 Å². The van der Waals surface area contributed by atoms with Crippen LogP contribution in [0.2, 0.25) is 0 Å². The third kappa shape index (κ3) is 3.97. The lowest BCUT2D eigenvalue weighted by Gasteiger charge is -2.25. The van der Waals surface area contributed by atoms with Crippen molar-refractivity contribution >= 4 is 5.69 Å². The monoisotopic (exact) mass is 261 g/mol. The first-order chi connectivity index (χ1) is 9.06. The molecule has 0 spiro atoms. The van der Waals surface area contributed by atoms with Crippen LogP contribution in [0.5, 0.6) is 0 Å². The number of rotatable bonds is 4. The van der Waals surface area contributed by atoms with Gasteiger partial charge in [-0.25, -0.2) is 0 Å². The van der Waals surface area contributed by atoms with E-state index in [1.165, 1.54) is 16.8 Å². The Bertz CT molecular complexity index is 379. The van der Waals surface area contributed by atoms with Gasteiger partial charge in [-0.15, -0.1) is 0 Å². The van der Waals surface area contributed by atoms with Gasteiger partial charge in [-0.3, -0.25) is 0 Å². The lowest BCUT2D eigenvalue weighted by Crippen LogP contribution is -2.27. The molecule has 0 bridgehead atoms. The summed E-state index contributed by atoms with van der Waals surface area (Å²) in [6.07, 6.45) is 2.23. The first-order valence-corrected chi connectivity index (χ1v) is 7.55. The molecule has 1 aliphatic heterocycles. The molecule has 2 heteroatoms. The third-order valence-corrected chi connectivity index (χ3v) is 3.90. The van der Waals surface area contributed by atoms with Crippen LogP contribution >= 0.6 is 0 Å². The maximum Gasteiger partial charge on any atom is 0.0485 e. The zero-order valence-electron chi connectivity index (χ0n) is 12.7. The minimum Gasteiger partial charge on any atom is -0.382 e. The number of hydrogen-bond donors (Lipinski definition) is 1. The number of hydrogen-bond acceptors (Lipinski definition) is 2. The summed E-state index contributed by atoms with van der Waals surface area (Å²) in [4.78, 5) is 0. The largest absolute Gasteiger partial charge is 0.382 e. The molecule has 2 nitrogen and oxygen atoms in total. The van der Waals surface area contributed by atoms with E-state index in [0.717, 1.165) is 26.1 Å². The van der Waals surface area contributed by atoms with Crippen molar-refractivity contribution in [1.82, 2.24) is 0 Å². The highest BCUT2D eigenvalue weighted by atomic mass is 16.5. The molecule has 0 amide bonds. The fourth-order valence-electron chi connectivity index (χ4n) is 2.50. The second kappa shape index (κ2) is 6.42. The lowest BCUT2D eigenvalue weighted by atomic mass is 9.94. The van der Waals surface area contributed by atoms with Crippen LogP contribution in [-0.4, -0.2) is 19.3 Å². The first kappa shape index (κ1) is 14.4. The number of ether oxygens (including phenoxy) is 1. The van der Waals surface area contributed by atoms with Gasteiger partial charge in [-0.2, -0.15) is 0 Å². The predicted octanol–water partition coefficient (Wildman–Crippen LogP) is 4.52. The highest BCUT2D eigenvalue weighted by molar-refractivity contribution is 5.51. The molecule has 1 saturated heterocycles. The summed E-state index contributed by atoms with van der Waals surface area (Å²) in [5.74, 6) is 1.16.